The van der Waals surface area contributed by atoms with Crippen LogP contribution in [0, 0.1) is 20.8 Å². The average molecular weight is 427 g/mol. The molecular formula is C25H34N2O4. The second-order valence-electron chi connectivity index (χ2n) is 8.66. The molecule has 6 heteroatoms. The average Bonchev–Trinajstić information content (AvgIpc) is 3.03. The van der Waals surface area contributed by atoms with Crippen molar-refractivity contribution in [2.45, 2.75) is 59.4 Å². The zero-order valence-electron chi connectivity index (χ0n) is 19.1. The molecule has 0 radical (unpaired) electrons. The number of rotatable bonds is 8. The van der Waals surface area contributed by atoms with E-state index in [1.165, 1.54) is 23.6 Å². The standard InChI is InChI=1S/C25H34N2O4/c1-16-10-23(11-17(2)19(16)4)31-25-14-27(13-24(25)29)12-21-6-8-22(9-7-21)30-15-18(3)26-20(5)28/h6-11,18,24-25,29H,12-15H2,1-5H3,(H,26,28)/t18-,24+,25+/m1/s1. The molecule has 2 N–H and O–H groups in total. The Morgan fingerprint density at radius 3 is 2.39 bits per heavy atom. The minimum atomic E-state index is -0.514. The van der Waals surface area contributed by atoms with E-state index in [1.54, 1.807) is 0 Å². The molecule has 168 valence electrons. The molecule has 6 nitrogen and oxygen atoms in total. The van der Waals surface area contributed by atoms with Crippen LogP contribution in [0.25, 0.3) is 0 Å². The van der Waals surface area contributed by atoms with E-state index in [0.717, 1.165) is 23.6 Å². The SMILES string of the molecule is CC(=O)N[C@H](C)COc1ccc(CN2C[C@H](Oc3cc(C)c(C)c(C)c3)[C@@H](O)C2)cc1. The van der Waals surface area contributed by atoms with Crippen molar-refractivity contribution in [2.24, 2.45) is 0 Å². The number of likely N-dealkylation sites (tertiary alicyclic amines) is 1. The molecule has 0 spiro atoms. The number of nitrogens with zero attached hydrogens (tertiary/aromatic N) is 1. The van der Waals surface area contributed by atoms with Gasteiger partial charge in [0.2, 0.25) is 5.91 Å². The molecule has 1 saturated heterocycles. The summed E-state index contributed by atoms with van der Waals surface area (Å²) in [4.78, 5) is 13.3. The first-order chi connectivity index (χ1) is 14.7. The number of amides is 1. The fourth-order valence-electron chi connectivity index (χ4n) is 3.88. The maximum Gasteiger partial charge on any atom is 0.217 e. The number of hydrogen-bond donors (Lipinski definition) is 2. The number of aryl methyl sites for hydroxylation is 2. The summed E-state index contributed by atoms with van der Waals surface area (Å²) in [7, 11) is 0. The first-order valence-corrected chi connectivity index (χ1v) is 10.8. The molecule has 2 aromatic rings. The highest BCUT2D eigenvalue weighted by Gasteiger charge is 2.33. The lowest BCUT2D eigenvalue weighted by Crippen LogP contribution is -2.35. The smallest absolute Gasteiger partial charge is 0.217 e. The molecule has 0 aromatic heterocycles. The topological polar surface area (TPSA) is 71.0 Å². The molecule has 31 heavy (non-hydrogen) atoms. The minimum absolute atomic E-state index is 0.0405. The van der Waals surface area contributed by atoms with Crippen LogP contribution in [0.1, 0.15) is 36.1 Å². The van der Waals surface area contributed by atoms with Gasteiger partial charge in [-0.1, -0.05) is 12.1 Å². The number of hydrogen-bond acceptors (Lipinski definition) is 5. The molecule has 0 unspecified atom stereocenters. The Balaban J connectivity index is 1.51. The van der Waals surface area contributed by atoms with Gasteiger partial charge in [0.1, 0.15) is 30.3 Å². The Kier molecular flexibility index (Phi) is 7.57. The van der Waals surface area contributed by atoms with Crippen LogP contribution >= 0.6 is 0 Å². The number of aliphatic hydroxyl groups excluding tert-OH is 1. The van der Waals surface area contributed by atoms with Crippen LogP contribution in [0.5, 0.6) is 11.5 Å². The number of β-amino-alcohol motifs (C(OH)–C–C–N with tert-alkyl or cyclic N) is 1. The van der Waals surface area contributed by atoms with Crippen LogP contribution < -0.4 is 14.8 Å². The molecule has 1 aliphatic heterocycles. The Morgan fingerprint density at radius 2 is 1.77 bits per heavy atom. The third-order valence-electron chi connectivity index (χ3n) is 5.78. The van der Waals surface area contributed by atoms with Crippen LogP contribution in [-0.2, 0) is 11.3 Å². The van der Waals surface area contributed by atoms with Gasteiger partial charge in [-0.3, -0.25) is 9.69 Å². The first kappa shape index (κ1) is 23.1. The minimum Gasteiger partial charge on any atom is -0.491 e. The van der Waals surface area contributed by atoms with Crippen molar-refractivity contribution in [1.82, 2.24) is 10.2 Å². The van der Waals surface area contributed by atoms with Gasteiger partial charge in [0.25, 0.3) is 0 Å². The van der Waals surface area contributed by atoms with E-state index in [2.05, 4.69) is 31.0 Å². The van der Waals surface area contributed by atoms with Gasteiger partial charge < -0.3 is 19.9 Å². The monoisotopic (exact) mass is 426 g/mol. The first-order valence-electron chi connectivity index (χ1n) is 10.8. The molecular weight excluding hydrogens is 392 g/mol. The number of nitrogens with one attached hydrogen (secondary N) is 1. The van der Waals surface area contributed by atoms with E-state index in [4.69, 9.17) is 9.47 Å². The number of ether oxygens (including phenoxy) is 2. The predicted molar refractivity (Wildman–Crippen MR) is 122 cm³/mol. The molecule has 0 bridgehead atoms. The number of carbonyl (C=O) groups excluding carboxylic acids is 1. The van der Waals surface area contributed by atoms with Crippen LogP contribution in [0.15, 0.2) is 36.4 Å². The Labute approximate surface area is 185 Å². The zero-order valence-corrected chi connectivity index (χ0v) is 19.1. The van der Waals surface area contributed by atoms with Crippen molar-refractivity contribution < 1.29 is 19.4 Å². The molecule has 3 rings (SSSR count). The summed E-state index contributed by atoms with van der Waals surface area (Å²) in [5.41, 5.74) is 4.83. The highest BCUT2D eigenvalue weighted by Crippen LogP contribution is 2.25. The van der Waals surface area contributed by atoms with Gasteiger partial charge in [-0.05, 0) is 74.2 Å². The number of carbonyl (C=O) groups is 1. The van der Waals surface area contributed by atoms with Gasteiger partial charge in [-0.2, -0.15) is 0 Å². The molecule has 2 aromatic carbocycles. The van der Waals surface area contributed by atoms with Crippen molar-refractivity contribution in [3.63, 3.8) is 0 Å². The second kappa shape index (κ2) is 10.2. The van der Waals surface area contributed by atoms with Gasteiger partial charge in [0.05, 0.1) is 6.04 Å². The van der Waals surface area contributed by atoms with Gasteiger partial charge in [-0.25, -0.2) is 0 Å². The van der Waals surface area contributed by atoms with Crippen molar-refractivity contribution in [3.05, 3.63) is 58.7 Å². The Bertz CT molecular complexity index is 874. The lowest BCUT2D eigenvalue weighted by Gasteiger charge is -2.19. The highest BCUT2D eigenvalue weighted by atomic mass is 16.5. The Hall–Kier alpha value is -2.57. The summed E-state index contributed by atoms with van der Waals surface area (Å²) in [5, 5.41) is 13.3. The molecule has 1 heterocycles. The molecule has 1 fully saturated rings. The van der Waals surface area contributed by atoms with Crippen molar-refractivity contribution in [2.75, 3.05) is 19.7 Å². The number of benzene rings is 2. The third kappa shape index (κ3) is 6.45. The summed E-state index contributed by atoms with van der Waals surface area (Å²) in [6.45, 7) is 12.1. The van der Waals surface area contributed by atoms with Crippen molar-refractivity contribution in [1.29, 1.82) is 0 Å². The van der Waals surface area contributed by atoms with Crippen LogP contribution in [-0.4, -0.2) is 53.9 Å². The van der Waals surface area contributed by atoms with Crippen LogP contribution in [0.3, 0.4) is 0 Å². The maximum atomic E-state index is 11.1. The lowest BCUT2D eigenvalue weighted by molar-refractivity contribution is -0.119. The normalized spacial score (nSPS) is 19.8. The summed E-state index contributed by atoms with van der Waals surface area (Å²) in [6, 6.07) is 12.0. The zero-order chi connectivity index (χ0) is 22.5. The van der Waals surface area contributed by atoms with Crippen LogP contribution in [0.2, 0.25) is 0 Å². The number of aliphatic hydroxyl groups is 1. The quantitative estimate of drug-likeness (QED) is 0.679. The van der Waals surface area contributed by atoms with Gasteiger partial charge in [-0.15, -0.1) is 0 Å². The van der Waals surface area contributed by atoms with Crippen molar-refractivity contribution >= 4 is 5.91 Å². The summed E-state index contributed by atoms with van der Waals surface area (Å²) < 4.78 is 11.9. The van der Waals surface area contributed by atoms with E-state index >= 15 is 0 Å². The van der Waals surface area contributed by atoms with Gasteiger partial charge >= 0.3 is 0 Å². The maximum absolute atomic E-state index is 11.1. The van der Waals surface area contributed by atoms with E-state index in [-0.39, 0.29) is 18.1 Å². The largest absolute Gasteiger partial charge is 0.491 e. The fraction of sp³-hybridized carbons (Fsp3) is 0.480. The molecule has 0 aliphatic carbocycles. The van der Waals surface area contributed by atoms with E-state index < -0.39 is 6.10 Å². The Morgan fingerprint density at radius 1 is 1.13 bits per heavy atom. The highest BCUT2D eigenvalue weighted by molar-refractivity contribution is 5.73. The second-order valence-corrected chi connectivity index (χ2v) is 8.66. The molecule has 3 atom stereocenters. The van der Waals surface area contributed by atoms with Gasteiger partial charge in [0.15, 0.2) is 0 Å². The van der Waals surface area contributed by atoms with E-state index in [9.17, 15) is 9.90 Å². The van der Waals surface area contributed by atoms with E-state index in [0.29, 0.717) is 19.7 Å². The molecule has 1 amide bonds. The summed E-state index contributed by atoms with van der Waals surface area (Å²) in [5.74, 6) is 1.53. The predicted octanol–water partition coefficient (Wildman–Crippen LogP) is 3.14. The molecule has 1 aliphatic rings. The summed E-state index contributed by atoms with van der Waals surface area (Å²) >= 11 is 0. The summed E-state index contributed by atoms with van der Waals surface area (Å²) in [6.07, 6.45) is -0.751. The lowest BCUT2D eigenvalue weighted by atomic mass is 10.0. The van der Waals surface area contributed by atoms with Crippen molar-refractivity contribution in [3.8, 4) is 11.5 Å². The third-order valence-corrected chi connectivity index (χ3v) is 5.78. The molecule has 0 saturated carbocycles. The van der Waals surface area contributed by atoms with Gasteiger partial charge in [0, 0.05) is 26.6 Å². The van der Waals surface area contributed by atoms with E-state index in [1.807, 2.05) is 43.3 Å². The fourth-order valence-corrected chi connectivity index (χ4v) is 3.88. The van der Waals surface area contributed by atoms with Crippen LogP contribution in [0.4, 0.5) is 0 Å².